The van der Waals surface area contributed by atoms with E-state index in [0.717, 1.165) is 0 Å². The Hall–Kier alpha value is 0.973. The van der Waals surface area contributed by atoms with Gasteiger partial charge in [-0.1, -0.05) is 22.6 Å². The van der Waals surface area contributed by atoms with Crippen LogP contribution in [0.2, 0.25) is 0 Å². The minimum atomic E-state index is -4.22. The van der Waals surface area contributed by atoms with E-state index < -0.39 is 11.4 Å². The summed E-state index contributed by atoms with van der Waals surface area (Å²) in [6, 6.07) is 0. The Balaban J connectivity index is -0.000000149. The predicted molar refractivity (Wildman–Crippen MR) is 35.2 cm³/mol. The zero-order valence-corrected chi connectivity index (χ0v) is 10.6. The Kier molecular flexibility index (Phi) is 13.9. The molecule has 0 saturated carbocycles. The number of carbonyl (C=O) groups is 1. The Morgan fingerprint density at radius 1 is 1.60 bits per heavy atom. The molecular formula is C3H2ClF2IO2Zn-. The fourth-order valence-corrected chi connectivity index (χ4v) is 0. The first kappa shape index (κ1) is 17.2. The van der Waals surface area contributed by atoms with E-state index in [9.17, 15) is 8.78 Å². The quantitative estimate of drug-likeness (QED) is 0.403. The largest absolute Gasteiger partial charge is 0.543 e. The molecule has 0 aromatic rings. The van der Waals surface area contributed by atoms with Crippen molar-refractivity contribution in [2.24, 2.45) is 0 Å². The second kappa shape index (κ2) is 8.07. The minimum Gasteiger partial charge on any atom is -0.543 e. The molecule has 0 rings (SSSR count). The fraction of sp³-hybridized carbons (Fsp3) is 0.333. The molecule has 10 heavy (non-hydrogen) atoms. The van der Waals surface area contributed by atoms with Crippen LogP contribution in [0.4, 0.5) is 8.78 Å². The molecule has 0 aromatic carbocycles. The number of halogens is 4. The first-order chi connectivity index (χ1) is 3.94. The Labute approximate surface area is 88.2 Å². The van der Waals surface area contributed by atoms with Crippen LogP contribution in [0.5, 0.6) is 0 Å². The van der Waals surface area contributed by atoms with E-state index in [1.54, 1.807) is 0 Å². The molecule has 0 heterocycles. The summed E-state index contributed by atoms with van der Waals surface area (Å²) in [7, 11) is 0. The second-order valence-electron chi connectivity index (χ2n) is 0.785. The molecule has 2 nitrogen and oxygen atoms in total. The molecular weight excluding hydrogens is 334 g/mol. The summed E-state index contributed by atoms with van der Waals surface area (Å²) >= 11 is 5.77. The van der Waals surface area contributed by atoms with Gasteiger partial charge in [0.2, 0.25) is 0 Å². The molecule has 0 aliphatic carbocycles. The van der Waals surface area contributed by atoms with Crippen LogP contribution in [-0.2, 0) is 24.3 Å². The predicted octanol–water partition coefficient (Wildman–Crippen LogP) is 0.778. The van der Waals surface area contributed by atoms with Crippen molar-refractivity contribution in [3.8, 4) is 0 Å². The molecule has 1 radical (unpaired) electrons. The van der Waals surface area contributed by atoms with Crippen molar-refractivity contribution in [2.75, 3.05) is 0 Å². The minimum absolute atomic E-state index is 0. The van der Waals surface area contributed by atoms with Gasteiger partial charge in [0.25, 0.3) is 0 Å². The van der Waals surface area contributed by atoms with E-state index in [4.69, 9.17) is 9.90 Å². The van der Waals surface area contributed by atoms with Crippen LogP contribution >= 0.6 is 34.2 Å². The van der Waals surface area contributed by atoms with Gasteiger partial charge < -0.3 is 9.90 Å². The average molecular weight is 336 g/mol. The summed E-state index contributed by atoms with van der Waals surface area (Å²) in [5, 5.41) is 4.81. The number of aliphatic carboxylic acids is 1. The van der Waals surface area contributed by atoms with E-state index in [1.807, 2.05) is 22.6 Å². The van der Waals surface area contributed by atoms with Gasteiger partial charge in [0, 0.05) is 24.4 Å². The third-order valence-electron chi connectivity index (χ3n) is 0.231. The molecule has 0 N–H and O–H groups in total. The van der Waals surface area contributed by atoms with E-state index in [2.05, 4.69) is 16.5 Å². The molecule has 0 atom stereocenters. The number of rotatable bonds is 1. The normalized spacial score (nSPS) is 8.50. The summed E-state index contributed by atoms with van der Waals surface area (Å²) in [5.74, 6) is -2.57. The summed E-state index contributed by atoms with van der Waals surface area (Å²) in [4.78, 5) is 12.2. The molecule has 0 amide bonds. The first-order valence-electron chi connectivity index (χ1n) is 1.49. The van der Waals surface area contributed by atoms with Gasteiger partial charge in [0.1, 0.15) is 5.97 Å². The summed E-state index contributed by atoms with van der Waals surface area (Å²) < 4.78 is 21.9. The smallest absolute Gasteiger partial charge is 0.362 e. The van der Waals surface area contributed by atoms with E-state index in [1.165, 1.54) is 0 Å². The Morgan fingerprint density at radius 2 is 1.70 bits per heavy atom. The van der Waals surface area contributed by atoms with Crippen molar-refractivity contribution < 1.29 is 38.2 Å². The molecule has 0 saturated heterocycles. The molecule has 0 unspecified atom stereocenters. The number of carbonyl (C=O) groups excluding carboxylic acids is 1. The SMILES string of the molecule is O=C([O-])C(F)(F)Cl.[CH2]I.[Zn]. The second-order valence-corrected chi connectivity index (χ2v) is 1.26. The molecule has 7 heteroatoms. The maximum atomic E-state index is 10.9. The van der Waals surface area contributed by atoms with Crippen LogP contribution in [0.1, 0.15) is 0 Å². The van der Waals surface area contributed by atoms with E-state index in [-0.39, 0.29) is 19.5 Å². The number of hydrogen-bond acceptors (Lipinski definition) is 2. The molecule has 0 spiro atoms. The van der Waals surface area contributed by atoms with Crippen molar-refractivity contribution in [1.82, 2.24) is 0 Å². The van der Waals surface area contributed by atoms with Crippen LogP contribution in [0.3, 0.4) is 0 Å². The molecule has 0 bridgehead atoms. The van der Waals surface area contributed by atoms with Crippen molar-refractivity contribution in [3.63, 3.8) is 0 Å². The Morgan fingerprint density at radius 3 is 1.70 bits per heavy atom. The monoisotopic (exact) mass is 334 g/mol. The Bertz CT molecular complexity index is 97.0. The van der Waals surface area contributed by atoms with Gasteiger partial charge in [-0.05, 0) is 11.6 Å². The number of alkyl halides is 3. The number of carboxylic acids is 1. The van der Waals surface area contributed by atoms with Gasteiger partial charge >= 0.3 is 5.38 Å². The van der Waals surface area contributed by atoms with Crippen LogP contribution in [0.25, 0.3) is 0 Å². The molecule has 57 valence electrons. The fourth-order valence-electron chi connectivity index (χ4n) is 0. The van der Waals surface area contributed by atoms with Crippen molar-refractivity contribution >= 4 is 40.2 Å². The third kappa shape index (κ3) is 11.7. The van der Waals surface area contributed by atoms with Crippen LogP contribution in [0.15, 0.2) is 0 Å². The first-order valence-corrected chi connectivity index (χ1v) is 3.40. The molecule has 0 aliphatic rings. The van der Waals surface area contributed by atoms with Gasteiger partial charge in [-0.3, -0.25) is 0 Å². The zero-order chi connectivity index (χ0) is 8.08. The number of hydrogen-bond donors (Lipinski definition) is 0. The standard InChI is InChI=1S/C2HClF2O2.CH2I.Zn/c3-2(4,5)1(6)7;1-2;/h(H,6,7);1H2;/p-1. The van der Waals surface area contributed by atoms with E-state index >= 15 is 0 Å². The van der Waals surface area contributed by atoms with Crippen molar-refractivity contribution in [3.05, 3.63) is 4.93 Å². The van der Waals surface area contributed by atoms with Gasteiger partial charge in [-0.15, -0.1) is 0 Å². The van der Waals surface area contributed by atoms with Crippen LogP contribution in [0, 0.1) is 4.93 Å². The maximum absolute atomic E-state index is 10.9. The molecule has 0 aromatic heterocycles. The number of carboxylic acid groups (broad SMARTS) is 1. The third-order valence-corrected chi connectivity index (χ3v) is 0.386. The topological polar surface area (TPSA) is 40.1 Å². The van der Waals surface area contributed by atoms with E-state index in [0.29, 0.717) is 0 Å². The summed E-state index contributed by atoms with van der Waals surface area (Å²) in [6.45, 7) is 0. The van der Waals surface area contributed by atoms with Crippen LogP contribution in [-0.4, -0.2) is 11.4 Å². The van der Waals surface area contributed by atoms with Crippen molar-refractivity contribution in [2.45, 2.75) is 5.38 Å². The average Bonchev–Trinajstić information content (AvgIpc) is 1.69. The van der Waals surface area contributed by atoms with Gasteiger partial charge in [0.15, 0.2) is 0 Å². The molecule has 0 fully saturated rings. The van der Waals surface area contributed by atoms with Gasteiger partial charge in [0.05, 0.1) is 0 Å². The van der Waals surface area contributed by atoms with Crippen LogP contribution < -0.4 is 5.11 Å². The summed E-state index contributed by atoms with van der Waals surface area (Å²) in [6.07, 6.45) is 0. The van der Waals surface area contributed by atoms with Crippen molar-refractivity contribution in [1.29, 1.82) is 0 Å². The molecule has 0 aliphatic heterocycles. The van der Waals surface area contributed by atoms with Gasteiger partial charge in [-0.25, -0.2) is 0 Å². The van der Waals surface area contributed by atoms with Gasteiger partial charge in [-0.2, -0.15) is 8.78 Å². The zero-order valence-electron chi connectivity index (χ0n) is 4.74. The maximum Gasteiger partial charge on any atom is 0.362 e. The summed E-state index contributed by atoms with van der Waals surface area (Å²) in [5.41, 5.74) is 0.